The molecule has 168 valence electrons. The number of nitrogens with two attached hydrogens (primary N) is 1. The molecule has 3 atom stereocenters. The number of hydrogen-bond acceptors (Lipinski definition) is 8. The van der Waals surface area contributed by atoms with Crippen LogP contribution in [0.25, 0.3) is 16.7 Å². The van der Waals surface area contributed by atoms with Crippen LogP contribution in [0.3, 0.4) is 0 Å². The SMILES string of the molecule is Nc1noc2c(N3C[C@@H]4CC[C@H]3[C@@H]4NC(=O)c3ccc(-n4cncn4)cc3Cl)ncc(Cl)c12. The number of anilines is 2. The van der Waals surface area contributed by atoms with Crippen molar-refractivity contribution in [3.63, 3.8) is 0 Å². The second kappa shape index (κ2) is 7.60. The summed E-state index contributed by atoms with van der Waals surface area (Å²) in [5.74, 6) is 0.934. The molecule has 2 aliphatic rings. The van der Waals surface area contributed by atoms with Gasteiger partial charge in [-0.05, 0) is 37.0 Å². The Hall–Kier alpha value is -3.37. The number of carbonyl (C=O) groups is 1. The summed E-state index contributed by atoms with van der Waals surface area (Å²) in [5, 5.41) is 12.4. The first kappa shape index (κ1) is 20.3. The van der Waals surface area contributed by atoms with Crippen LogP contribution >= 0.6 is 23.2 Å². The van der Waals surface area contributed by atoms with Gasteiger partial charge in [0.15, 0.2) is 11.6 Å². The maximum absolute atomic E-state index is 13.1. The zero-order chi connectivity index (χ0) is 22.7. The van der Waals surface area contributed by atoms with Gasteiger partial charge in [0, 0.05) is 12.7 Å². The van der Waals surface area contributed by atoms with Crippen LogP contribution in [0.15, 0.2) is 41.6 Å². The zero-order valence-corrected chi connectivity index (χ0v) is 18.7. The first-order valence-corrected chi connectivity index (χ1v) is 11.2. The number of nitrogen functional groups attached to an aromatic ring is 1. The highest BCUT2D eigenvalue weighted by Gasteiger charge is 2.49. The molecule has 3 aromatic heterocycles. The van der Waals surface area contributed by atoms with Crippen LogP contribution in [-0.2, 0) is 0 Å². The van der Waals surface area contributed by atoms with Gasteiger partial charge in [-0.1, -0.05) is 28.4 Å². The second-order valence-electron chi connectivity index (χ2n) is 8.26. The van der Waals surface area contributed by atoms with Crippen molar-refractivity contribution < 1.29 is 9.32 Å². The van der Waals surface area contributed by atoms with E-state index in [0.717, 1.165) is 25.1 Å². The summed E-state index contributed by atoms with van der Waals surface area (Å²) in [5.41, 5.74) is 7.52. The first-order chi connectivity index (χ1) is 16.0. The van der Waals surface area contributed by atoms with Crippen molar-refractivity contribution in [2.75, 3.05) is 17.2 Å². The monoisotopic (exact) mass is 484 g/mol. The summed E-state index contributed by atoms with van der Waals surface area (Å²) in [6.07, 6.45) is 6.50. The molecule has 1 aromatic carbocycles. The lowest BCUT2D eigenvalue weighted by molar-refractivity contribution is 0.0932. The fraction of sp³-hybridized carbons (Fsp3) is 0.286. The quantitative estimate of drug-likeness (QED) is 0.452. The Labute approximate surface area is 197 Å². The van der Waals surface area contributed by atoms with Gasteiger partial charge in [0.05, 0.1) is 38.8 Å². The third kappa shape index (κ3) is 3.20. The lowest BCUT2D eigenvalue weighted by Gasteiger charge is -2.28. The molecule has 12 heteroatoms. The van der Waals surface area contributed by atoms with E-state index in [-0.39, 0.29) is 29.7 Å². The van der Waals surface area contributed by atoms with Gasteiger partial charge in [-0.15, -0.1) is 0 Å². The number of fused-ring (bicyclic) bond motifs is 3. The molecule has 1 aliphatic heterocycles. The van der Waals surface area contributed by atoms with Crippen LogP contribution in [0.1, 0.15) is 23.2 Å². The predicted molar refractivity (Wildman–Crippen MR) is 123 cm³/mol. The molecule has 1 saturated heterocycles. The van der Waals surface area contributed by atoms with Crippen molar-refractivity contribution in [3.05, 3.63) is 52.7 Å². The van der Waals surface area contributed by atoms with Crippen molar-refractivity contribution in [2.24, 2.45) is 5.92 Å². The Kier molecular flexibility index (Phi) is 4.66. The van der Waals surface area contributed by atoms with Crippen molar-refractivity contribution in [2.45, 2.75) is 24.9 Å². The molecular formula is C21H18Cl2N8O2. The number of aromatic nitrogens is 5. The first-order valence-electron chi connectivity index (χ1n) is 10.4. The van der Waals surface area contributed by atoms with Gasteiger partial charge < -0.3 is 20.5 Å². The zero-order valence-electron chi connectivity index (χ0n) is 17.2. The van der Waals surface area contributed by atoms with Crippen molar-refractivity contribution in [1.29, 1.82) is 0 Å². The average molecular weight is 485 g/mol. The molecule has 6 rings (SSSR count). The summed E-state index contributed by atoms with van der Waals surface area (Å²) >= 11 is 12.7. The number of halogens is 2. The van der Waals surface area contributed by atoms with Gasteiger partial charge in [0.1, 0.15) is 12.7 Å². The number of nitrogens with zero attached hydrogens (tertiary/aromatic N) is 6. The van der Waals surface area contributed by atoms with E-state index in [2.05, 4.69) is 30.4 Å². The molecular weight excluding hydrogens is 467 g/mol. The summed E-state index contributed by atoms with van der Waals surface area (Å²) in [4.78, 5) is 23.7. The summed E-state index contributed by atoms with van der Waals surface area (Å²) < 4.78 is 7.03. The topological polar surface area (TPSA) is 128 Å². The molecule has 0 spiro atoms. The maximum Gasteiger partial charge on any atom is 0.253 e. The van der Waals surface area contributed by atoms with Crippen LogP contribution in [0, 0.1) is 5.92 Å². The van der Waals surface area contributed by atoms with Gasteiger partial charge in [0.25, 0.3) is 5.91 Å². The fourth-order valence-electron chi connectivity index (χ4n) is 4.99. The molecule has 1 amide bonds. The Balaban J connectivity index is 1.25. The molecule has 10 nitrogen and oxygen atoms in total. The van der Waals surface area contributed by atoms with E-state index in [0.29, 0.717) is 32.4 Å². The lowest BCUT2D eigenvalue weighted by Crippen LogP contribution is -2.44. The van der Waals surface area contributed by atoms with Crippen molar-refractivity contribution in [3.8, 4) is 5.69 Å². The maximum atomic E-state index is 13.1. The Morgan fingerprint density at radius 1 is 1.24 bits per heavy atom. The second-order valence-corrected chi connectivity index (χ2v) is 9.08. The van der Waals surface area contributed by atoms with Gasteiger partial charge >= 0.3 is 0 Å². The minimum absolute atomic E-state index is 0.0450. The van der Waals surface area contributed by atoms with E-state index in [1.807, 2.05) is 0 Å². The molecule has 1 aliphatic carbocycles. The number of carbonyl (C=O) groups excluding carboxylic acids is 1. The molecule has 0 radical (unpaired) electrons. The highest BCUT2D eigenvalue weighted by Crippen LogP contribution is 2.43. The van der Waals surface area contributed by atoms with Gasteiger partial charge in [-0.3, -0.25) is 4.79 Å². The van der Waals surface area contributed by atoms with Gasteiger partial charge in [0.2, 0.25) is 5.58 Å². The number of pyridine rings is 1. The largest absolute Gasteiger partial charge is 0.380 e. The Bertz CT molecular complexity index is 1370. The van der Waals surface area contributed by atoms with E-state index < -0.39 is 0 Å². The molecule has 1 saturated carbocycles. The minimum atomic E-state index is -0.216. The predicted octanol–water partition coefficient (Wildman–Crippen LogP) is 3.09. The van der Waals surface area contributed by atoms with E-state index in [9.17, 15) is 4.79 Å². The number of piperidine rings is 1. The van der Waals surface area contributed by atoms with Crippen molar-refractivity contribution in [1.82, 2.24) is 30.2 Å². The number of rotatable bonds is 4. The molecule has 2 fully saturated rings. The number of amides is 1. The van der Waals surface area contributed by atoms with E-state index in [1.165, 1.54) is 6.33 Å². The van der Waals surface area contributed by atoms with Crippen molar-refractivity contribution >= 4 is 51.7 Å². The molecule has 4 heterocycles. The highest BCUT2D eigenvalue weighted by atomic mass is 35.5. The van der Waals surface area contributed by atoms with E-state index in [1.54, 1.807) is 35.4 Å². The molecule has 3 N–H and O–H groups in total. The third-order valence-electron chi connectivity index (χ3n) is 6.50. The van der Waals surface area contributed by atoms with Crippen LogP contribution in [0.4, 0.5) is 11.6 Å². The lowest BCUT2D eigenvalue weighted by atomic mass is 10.1. The number of benzene rings is 1. The van der Waals surface area contributed by atoms with Crippen LogP contribution < -0.4 is 16.0 Å². The summed E-state index contributed by atoms with van der Waals surface area (Å²) in [6.45, 7) is 0.735. The molecule has 4 aromatic rings. The normalized spacial score (nSPS) is 21.8. The third-order valence-corrected chi connectivity index (χ3v) is 7.10. The van der Waals surface area contributed by atoms with Crippen LogP contribution in [0.2, 0.25) is 10.0 Å². The summed E-state index contributed by atoms with van der Waals surface area (Å²) in [6, 6.07) is 5.20. The molecule has 2 bridgehead atoms. The van der Waals surface area contributed by atoms with E-state index in [4.69, 9.17) is 33.5 Å². The van der Waals surface area contributed by atoms with E-state index >= 15 is 0 Å². The van der Waals surface area contributed by atoms with Gasteiger partial charge in [-0.25, -0.2) is 14.6 Å². The standard InChI is InChI=1S/C21H18Cl2N8O2/c22-13-5-11(31-9-25-8-27-31)2-3-12(13)21(32)28-17-10-1-4-15(17)30(7-10)20-18-16(14(23)6-26-20)19(24)29-33-18/h2-3,5-6,8-10,15,17H,1,4,7H2,(H2,24,29)(H,28,32)/t10-,15-,17+/m0/s1. The molecule has 33 heavy (non-hydrogen) atoms. The Morgan fingerprint density at radius 3 is 2.91 bits per heavy atom. The highest BCUT2D eigenvalue weighted by molar-refractivity contribution is 6.36. The minimum Gasteiger partial charge on any atom is -0.380 e. The van der Waals surface area contributed by atoms with Crippen LogP contribution in [-0.4, -0.2) is 49.4 Å². The average Bonchev–Trinajstić information content (AvgIpc) is 3.60. The van der Waals surface area contributed by atoms with Crippen LogP contribution in [0.5, 0.6) is 0 Å². The number of hydrogen-bond donors (Lipinski definition) is 2. The smallest absolute Gasteiger partial charge is 0.253 e. The fourth-order valence-corrected chi connectivity index (χ4v) is 5.48. The summed E-state index contributed by atoms with van der Waals surface area (Å²) in [7, 11) is 0. The molecule has 0 unspecified atom stereocenters. The van der Waals surface area contributed by atoms with Gasteiger partial charge in [-0.2, -0.15) is 5.10 Å². The Morgan fingerprint density at radius 2 is 2.12 bits per heavy atom. The number of nitrogens with one attached hydrogen (secondary N) is 1.